The molecular formula is C15H13BrO3. The summed E-state index contributed by atoms with van der Waals surface area (Å²) in [6, 6.07) is 18.3. The number of carboxylic acid groups (broad SMARTS) is 1. The molecule has 0 aromatic heterocycles. The Bertz CT molecular complexity index is 542. The zero-order chi connectivity index (χ0) is 13.7. The summed E-state index contributed by atoms with van der Waals surface area (Å²) in [7, 11) is 0. The highest BCUT2D eigenvalue weighted by Gasteiger charge is 2.38. The molecule has 0 saturated carbocycles. The number of hydrogen-bond donors (Lipinski definition) is 1. The van der Waals surface area contributed by atoms with E-state index in [0.717, 1.165) is 5.56 Å². The topological polar surface area (TPSA) is 46.5 Å². The second-order valence-electron chi connectivity index (χ2n) is 4.04. The summed E-state index contributed by atoms with van der Waals surface area (Å²) in [4.78, 5) is 11.5. The maximum Gasteiger partial charge on any atom is 0.352 e. The van der Waals surface area contributed by atoms with E-state index in [1.165, 1.54) is 0 Å². The Morgan fingerprint density at radius 3 is 2.11 bits per heavy atom. The summed E-state index contributed by atoms with van der Waals surface area (Å²) in [6.45, 7) is 0.216. The standard InChI is InChI=1S/C15H13BrO3/c16-15(14(17)18,13-9-5-2-6-10-13)19-11-12-7-3-1-4-8-12/h1-10H,11H2,(H,17,18). The third-order valence-corrected chi connectivity index (χ3v) is 3.73. The van der Waals surface area contributed by atoms with Crippen molar-refractivity contribution in [1.82, 2.24) is 0 Å². The Labute approximate surface area is 120 Å². The maximum atomic E-state index is 11.5. The third-order valence-electron chi connectivity index (χ3n) is 2.70. The first-order valence-corrected chi connectivity index (χ1v) is 6.58. The number of carboxylic acids is 1. The van der Waals surface area contributed by atoms with Gasteiger partial charge in [-0.3, -0.25) is 0 Å². The molecule has 4 heteroatoms. The van der Waals surface area contributed by atoms with Crippen LogP contribution < -0.4 is 0 Å². The number of ether oxygens (including phenoxy) is 1. The predicted octanol–water partition coefficient (Wildman–Crippen LogP) is 3.54. The molecule has 0 radical (unpaired) electrons. The van der Waals surface area contributed by atoms with Crippen LogP contribution in [-0.2, 0) is 20.6 Å². The van der Waals surface area contributed by atoms with E-state index in [2.05, 4.69) is 15.9 Å². The molecule has 19 heavy (non-hydrogen) atoms. The van der Waals surface area contributed by atoms with Gasteiger partial charge in [-0.1, -0.05) is 60.7 Å². The first-order valence-electron chi connectivity index (χ1n) is 5.78. The van der Waals surface area contributed by atoms with Gasteiger partial charge in [-0.25, -0.2) is 4.79 Å². The fourth-order valence-electron chi connectivity index (χ4n) is 1.68. The van der Waals surface area contributed by atoms with Gasteiger partial charge in [0.1, 0.15) is 0 Å². The van der Waals surface area contributed by atoms with Gasteiger partial charge in [-0.15, -0.1) is 0 Å². The predicted molar refractivity (Wildman–Crippen MR) is 75.9 cm³/mol. The van der Waals surface area contributed by atoms with Gasteiger partial charge in [0.25, 0.3) is 0 Å². The lowest BCUT2D eigenvalue weighted by atomic mass is 10.1. The average Bonchev–Trinajstić information content (AvgIpc) is 2.46. The van der Waals surface area contributed by atoms with E-state index in [0.29, 0.717) is 5.56 Å². The smallest absolute Gasteiger partial charge is 0.352 e. The van der Waals surface area contributed by atoms with Gasteiger partial charge in [-0.2, -0.15) is 0 Å². The van der Waals surface area contributed by atoms with Crippen LogP contribution in [-0.4, -0.2) is 11.1 Å². The molecule has 3 nitrogen and oxygen atoms in total. The van der Waals surface area contributed by atoms with Gasteiger partial charge < -0.3 is 9.84 Å². The highest BCUT2D eigenvalue weighted by molar-refractivity contribution is 9.10. The zero-order valence-corrected chi connectivity index (χ0v) is 11.7. The van der Waals surface area contributed by atoms with Crippen molar-refractivity contribution < 1.29 is 14.6 Å². The first kappa shape index (κ1) is 13.8. The van der Waals surface area contributed by atoms with Crippen molar-refractivity contribution in [3.8, 4) is 0 Å². The van der Waals surface area contributed by atoms with Crippen LogP contribution in [0.15, 0.2) is 60.7 Å². The minimum atomic E-state index is -1.52. The van der Waals surface area contributed by atoms with E-state index >= 15 is 0 Å². The fraction of sp³-hybridized carbons (Fsp3) is 0.133. The Hall–Kier alpha value is -1.65. The molecule has 2 aromatic rings. The second-order valence-corrected chi connectivity index (χ2v) is 5.16. The zero-order valence-electron chi connectivity index (χ0n) is 10.1. The van der Waals surface area contributed by atoms with Crippen LogP contribution in [0.5, 0.6) is 0 Å². The van der Waals surface area contributed by atoms with Gasteiger partial charge >= 0.3 is 5.97 Å². The van der Waals surface area contributed by atoms with Crippen molar-refractivity contribution in [2.24, 2.45) is 0 Å². The molecule has 1 N–H and O–H groups in total. The molecule has 0 fully saturated rings. The number of hydrogen-bond acceptors (Lipinski definition) is 2. The average molecular weight is 321 g/mol. The van der Waals surface area contributed by atoms with Crippen LogP contribution in [0.3, 0.4) is 0 Å². The van der Waals surface area contributed by atoms with E-state index in [9.17, 15) is 9.90 Å². The van der Waals surface area contributed by atoms with Crippen molar-refractivity contribution in [3.05, 3.63) is 71.8 Å². The molecule has 1 atom stereocenters. The molecule has 0 aliphatic rings. The molecule has 0 amide bonds. The van der Waals surface area contributed by atoms with Crippen molar-refractivity contribution >= 4 is 21.9 Å². The molecule has 0 spiro atoms. The van der Waals surface area contributed by atoms with Gasteiger partial charge in [0, 0.05) is 5.56 Å². The fourth-order valence-corrected chi connectivity index (χ4v) is 2.06. The van der Waals surface area contributed by atoms with Crippen LogP contribution in [0, 0.1) is 0 Å². The van der Waals surface area contributed by atoms with E-state index in [1.54, 1.807) is 24.3 Å². The Morgan fingerprint density at radius 1 is 1.05 bits per heavy atom. The highest BCUT2D eigenvalue weighted by Crippen LogP contribution is 2.34. The summed E-state index contributed by atoms with van der Waals surface area (Å²) in [5, 5.41) is 9.39. The molecule has 0 aliphatic carbocycles. The lowest BCUT2D eigenvalue weighted by Gasteiger charge is -2.23. The summed E-state index contributed by atoms with van der Waals surface area (Å²) >= 11 is 3.19. The SMILES string of the molecule is O=C(O)C(Br)(OCc1ccccc1)c1ccccc1. The molecule has 0 heterocycles. The molecule has 98 valence electrons. The largest absolute Gasteiger partial charge is 0.478 e. The molecule has 0 bridgehead atoms. The highest BCUT2D eigenvalue weighted by atomic mass is 79.9. The summed E-state index contributed by atoms with van der Waals surface area (Å²) < 4.78 is 4.06. The van der Waals surface area contributed by atoms with Gasteiger partial charge in [0.05, 0.1) is 6.61 Å². The van der Waals surface area contributed by atoms with Crippen LogP contribution in [0.25, 0.3) is 0 Å². The number of carbonyl (C=O) groups is 1. The minimum absolute atomic E-state index is 0.216. The van der Waals surface area contributed by atoms with Crippen LogP contribution in [0.4, 0.5) is 0 Å². The monoisotopic (exact) mass is 320 g/mol. The van der Waals surface area contributed by atoms with Crippen molar-refractivity contribution in [2.45, 2.75) is 11.1 Å². The number of rotatable bonds is 5. The normalized spacial score (nSPS) is 13.7. The summed E-state index contributed by atoms with van der Waals surface area (Å²) in [5.41, 5.74) is 1.47. The summed E-state index contributed by atoms with van der Waals surface area (Å²) in [6.07, 6.45) is 0. The maximum absolute atomic E-state index is 11.5. The molecule has 2 aromatic carbocycles. The lowest BCUT2D eigenvalue weighted by molar-refractivity contribution is -0.155. The van der Waals surface area contributed by atoms with Crippen molar-refractivity contribution in [3.63, 3.8) is 0 Å². The second kappa shape index (κ2) is 5.99. The molecule has 0 aliphatic heterocycles. The molecule has 0 saturated heterocycles. The lowest BCUT2D eigenvalue weighted by Crippen LogP contribution is -2.32. The Morgan fingerprint density at radius 2 is 1.58 bits per heavy atom. The minimum Gasteiger partial charge on any atom is -0.478 e. The van der Waals surface area contributed by atoms with Crippen LogP contribution in [0.1, 0.15) is 11.1 Å². The van der Waals surface area contributed by atoms with Gasteiger partial charge in [0.15, 0.2) is 0 Å². The quantitative estimate of drug-likeness (QED) is 0.857. The van der Waals surface area contributed by atoms with E-state index < -0.39 is 10.5 Å². The molecule has 1 unspecified atom stereocenters. The van der Waals surface area contributed by atoms with E-state index in [4.69, 9.17) is 4.74 Å². The van der Waals surface area contributed by atoms with E-state index in [1.807, 2.05) is 36.4 Å². The Balaban J connectivity index is 2.19. The summed E-state index contributed by atoms with van der Waals surface area (Å²) in [5.74, 6) is -1.07. The number of aliphatic carboxylic acids is 1. The first-order chi connectivity index (χ1) is 9.13. The van der Waals surface area contributed by atoms with Crippen LogP contribution >= 0.6 is 15.9 Å². The third kappa shape index (κ3) is 3.22. The van der Waals surface area contributed by atoms with Crippen LogP contribution in [0.2, 0.25) is 0 Å². The Kier molecular flexibility index (Phi) is 4.35. The van der Waals surface area contributed by atoms with Gasteiger partial charge in [-0.05, 0) is 21.5 Å². The number of alkyl halides is 1. The van der Waals surface area contributed by atoms with Gasteiger partial charge in [0.2, 0.25) is 4.51 Å². The van der Waals surface area contributed by atoms with E-state index in [-0.39, 0.29) is 6.61 Å². The number of halogens is 1. The molecule has 2 rings (SSSR count). The van der Waals surface area contributed by atoms with Crippen molar-refractivity contribution in [1.29, 1.82) is 0 Å². The molecular weight excluding hydrogens is 308 g/mol. The number of benzene rings is 2. The van der Waals surface area contributed by atoms with Crippen molar-refractivity contribution in [2.75, 3.05) is 0 Å².